The molecule has 0 saturated carbocycles. The molecule has 0 bridgehead atoms. The van der Waals surface area contributed by atoms with Gasteiger partial charge >= 0.3 is 0 Å². The molecule has 19 heavy (non-hydrogen) atoms. The van der Waals surface area contributed by atoms with E-state index in [9.17, 15) is 4.39 Å². The summed E-state index contributed by atoms with van der Waals surface area (Å²) in [6, 6.07) is 8.91. The number of hydrogen-bond donors (Lipinski definition) is 0. The molecule has 0 saturated heterocycles. The second kappa shape index (κ2) is 5.93. The van der Waals surface area contributed by atoms with E-state index < -0.39 is 0 Å². The van der Waals surface area contributed by atoms with Crippen molar-refractivity contribution in [1.82, 2.24) is 0 Å². The molecule has 4 heteroatoms. The molecule has 0 aliphatic carbocycles. The van der Waals surface area contributed by atoms with Gasteiger partial charge in [0.1, 0.15) is 11.6 Å². The second-order valence-corrected chi connectivity index (χ2v) is 5.56. The Morgan fingerprint density at radius 1 is 1.26 bits per heavy atom. The molecule has 2 rings (SSSR count). The zero-order chi connectivity index (χ0) is 14.0. The average molecular weight is 344 g/mol. The van der Waals surface area contributed by atoms with Gasteiger partial charge in [-0.15, -0.1) is 0 Å². The maximum Gasteiger partial charge on any atom is 0.145 e. The molecule has 0 aliphatic rings. The largest absolute Gasteiger partial charge is 0.496 e. The second-order valence-electron chi connectivity index (χ2n) is 4.30. The van der Waals surface area contributed by atoms with Crippen LogP contribution < -0.4 is 4.74 Å². The van der Waals surface area contributed by atoms with Crippen LogP contribution in [-0.2, 0) is 6.42 Å². The predicted molar refractivity (Wildman–Crippen MR) is 79.6 cm³/mol. The molecule has 1 nitrogen and oxygen atoms in total. The van der Waals surface area contributed by atoms with Gasteiger partial charge in [-0.05, 0) is 41.8 Å². The van der Waals surface area contributed by atoms with Crippen LogP contribution in [0.15, 0.2) is 34.8 Å². The van der Waals surface area contributed by atoms with E-state index >= 15 is 0 Å². The molecule has 0 radical (unpaired) electrons. The summed E-state index contributed by atoms with van der Waals surface area (Å²) >= 11 is 9.28. The van der Waals surface area contributed by atoms with Gasteiger partial charge in [-0.1, -0.05) is 39.7 Å². The van der Waals surface area contributed by atoms with Gasteiger partial charge in [0, 0.05) is 10.9 Å². The maximum atomic E-state index is 13.9. The van der Waals surface area contributed by atoms with Crippen molar-refractivity contribution in [1.29, 1.82) is 0 Å². The van der Waals surface area contributed by atoms with Gasteiger partial charge in [-0.25, -0.2) is 4.39 Å². The highest BCUT2D eigenvalue weighted by atomic mass is 79.9. The third-order valence-electron chi connectivity index (χ3n) is 2.97. The number of aryl methyl sites for hydroxylation is 1. The summed E-state index contributed by atoms with van der Waals surface area (Å²) < 4.78 is 20.2. The fourth-order valence-corrected chi connectivity index (χ4v) is 2.50. The highest BCUT2D eigenvalue weighted by Gasteiger charge is 2.11. The first kappa shape index (κ1) is 14.4. The third-order valence-corrected chi connectivity index (χ3v) is 4.12. The van der Waals surface area contributed by atoms with E-state index in [-0.39, 0.29) is 10.8 Å². The molecule has 2 aromatic rings. The van der Waals surface area contributed by atoms with E-state index in [0.717, 1.165) is 21.3 Å². The van der Waals surface area contributed by atoms with Crippen LogP contribution in [0.3, 0.4) is 0 Å². The fourth-order valence-electron chi connectivity index (χ4n) is 1.91. The van der Waals surface area contributed by atoms with Crippen molar-refractivity contribution in [3.05, 3.63) is 62.3 Å². The summed E-state index contributed by atoms with van der Waals surface area (Å²) in [6.07, 6.45) is 0.439. The Bertz CT molecular complexity index is 613. The van der Waals surface area contributed by atoms with E-state index in [0.29, 0.717) is 12.0 Å². The van der Waals surface area contributed by atoms with Crippen LogP contribution >= 0.6 is 27.5 Å². The molecule has 0 unspecified atom stereocenters. The number of rotatable bonds is 3. The average Bonchev–Trinajstić information content (AvgIpc) is 2.39. The fraction of sp³-hybridized carbons (Fsp3) is 0.200. The van der Waals surface area contributed by atoms with Crippen molar-refractivity contribution < 1.29 is 9.13 Å². The highest BCUT2D eigenvalue weighted by molar-refractivity contribution is 9.10. The monoisotopic (exact) mass is 342 g/mol. The summed E-state index contributed by atoms with van der Waals surface area (Å²) in [5.41, 5.74) is 2.55. The Morgan fingerprint density at radius 3 is 2.68 bits per heavy atom. The molecular weight excluding hydrogens is 331 g/mol. The van der Waals surface area contributed by atoms with E-state index in [1.807, 2.05) is 19.1 Å². The van der Waals surface area contributed by atoms with Crippen LogP contribution in [0.5, 0.6) is 5.75 Å². The van der Waals surface area contributed by atoms with Crippen molar-refractivity contribution in [2.75, 3.05) is 7.11 Å². The van der Waals surface area contributed by atoms with Crippen molar-refractivity contribution in [3.63, 3.8) is 0 Å². The number of methoxy groups -OCH3 is 1. The van der Waals surface area contributed by atoms with Gasteiger partial charge in [-0.2, -0.15) is 0 Å². The minimum atomic E-state index is -0.372. The molecule has 0 fully saturated rings. The Hall–Kier alpha value is -1.06. The predicted octanol–water partition coefficient (Wildman–Crippen LogP) is 5.15. The van der Waals surface area contributed by atoms with Gasteiger partial charge in [0.05, 0.1) is 12.1 Å². The molecule has 0 atom stereocenters. The van der Waals surface area contributed by atoms with Crippen molar-refractivity contribution in [3.8, 4) is 5.75 Å². The van der Waals surface area contributed by atoms with E-state index in [4.69, 9.17) is 16.3 Å². The minimum absolute atomic E-state index is 0.141. The van der Waals surface area contributed by atoms with Gasteiger partial charge in [-0.3, -0.25) is 0 Å². The first-order valence-electron chi connectivity index (χ1n) is 5.79. The van der Waals surface area contributed by atoms with Crippen molar-refractivity contribution in [2.24, 2.45) is 0 Å². The lowest BCUT2D eigenvalue weighted by Gasteiger charge is -2.12. The van der Waals surface area contributed by atoms with Gasteiger partial charge in [0.2, 0.25) is 0 Å². The first-order valence-corrected chi connectivity index (χ1v) is 6.96. The van der Waals surface area contributed by atoms with E-state index in [2.05, 4.69) is 15.9 Å². The standard InChI is InChI=1S/C15H13BrClFO/c1-9-6-14(19-2)11(8-12(9)16)7-10-4-3-5-13(17)15(10)18/h3-6,8H,7H2,1-2H3. The zero-order valence-electron chi connectivity index (χ0n) is 10.6. The van der Waals surface area contributed by atoms with E-state index in [1.165, 1.54) is 0 Å². The maximum absolute atomic E-state index is 13.9. The molecule has 0 amide bonds. The highest BCUT2D eigenvalue weighted by Crippen LogP contribution is 2.30. The summed E-state index contributed by atoms with van der Waals surface area (Å²) in [5, 5.41) is 0.141. The smallest absolute Gasteiger partial charge is 0.145 e. The number of hydrogen-bond acceptors (Lipinski definition) is 1. The summed E-state index contributed by atoms with van der Waals surface area (Å²) in [6.45, 7) is 1.98. The number of ether oxygens (including phenoxy) is 1. The van der Waals surface area contributed by atoms with Crippen LogP contribution in [0, 0.1) is 12.7 Å². The Balaban J connectivity index is 2.43. The van der Waals surface area contributed by atoms with Crippen molar-refractivity contribution in [2.45, 2.75) is 13.3 Å². The summed E-state index contributed by atoms with van der Waals surface area (Å²) in [7, 11) is 1.61. The molecule has 100 valence electrons. The van der Waals surface area contributed by atoms with Crippen LogP contribution in [0.2, 0.25) is 5.02 Å². The molecular formula is C15H13BrClFO. The zero-order valence-corrected chi connectivity index (χ0v) is 13.0. The van der Waals surface area contributed by atoms with Crippen LogP contribution in [0.25, 0.3) is 0 Å². The first-order chi connectivity index (χ1) is 9.02. The molecule has 0 N–H and O–H groups in total. The number of benzene rings is 2. The molecule has 0 heterocycles. The van der Waals surface area contributed by atoms with Gasteiger partial charge < -0.3 is 4.74 Å². The number of halogens is 3. The van der Waals surface area contributed by atoms with Crippen LogP contribution in [0.1, 0.15) is 16.7 Å². The minimum Gasteiger partial charge on any atom is -0.496 e. The van der Waals surface area contributed by atoms with Crippen LogP contribution in [-0.4, -0.2) is 7.11 Å². The quantitative estimate of drug-likeness (QED) is 0.749. The van der Waals surface area contributed by atoms with Gasteiger partial charge in [0.15, 0.2) is 0 Å². The Kier molecular flexibility index (Phi) is 4.48. The molecule has 0 aliphatic heterocycles. The third kappa shape index (κ3) is 3.10. The Labute approximate surface area is 125 Å². The van der Waals surface area contributed by atoms with Crippen molar-refractivity contribution >= 4 is 27.5 Å². The van der Waals surface area contributed by atoms with E-state index in [1.54, 1.807) is 25.3 Å². The molecule has 0 aromatic heterocycles. The molecule has 2 aromatic carbocycles. The normalized spacial score (nSPS) is 10.6. The van der Waals surface area contributed by atoms with Gasteiger partial charge in [0.25, 0.3) is 0 Å². The lowest BCUT2D eigenvalue weighted by molar-refractivity contribution is 0.410. The SMILES string of the molecule is COc1cc(C)c(Br)cc1Cc1cccc(Cl)c1F. The Morgan fingerprint density at radius 2 is 2.00 bits per heavy atom. The lowest BCUT2D eigenvalue weighted by atomic mass is 10.0. The molecule has 0 spiro atoms. The lowest BCUT2D eigenvalue weighted by Crippen LogP contribution is -1.98. The topological polar surface area (TPSA) is 9.23 Å². The van der Waals surface area contributed by atoms with Crippen LogP contribution in [0.4, 0.5) is 4.39 Å². The summed E-state index contributed by atoms with van der Waals surface area (Å²) in [5.74, 6) is 0.378. The summed E-state index contributed by atoms with van der Waals surface area (Å²) in [4.78, 5) is 0.